The van der Waals surface area contributed by atoms with Gasteiger partial charge in [-0.25, -0.2) is 4.79 Å². The summed E-state index contributed by atoms with van der Waals surface area (Å²) in [6.07, 6.45) is 2.70. The number of carbonyl (C=O) groups excluding carboxylic acids is 1. The highest BCUT2D eigenvalue weighted by Gasteiger charge is 2.31. The van der Waals surface area contributed by atoms with E-state index >= 15 is 0 Å². The fourth-order valence-corrected chi connectivity index (χ4v) is 3.74. The first kappa shape index (κ1) is 16.8. The van der Waals surface area contributed by atoms with Crippen LogP contribution in [0.4, 0.5) is 4.79 Å². The Morgan fingerprint density at radius 2 is 2.10 bits per heavy atom. The molecule has 118 valence electrons. The molecule has 0 aromatic carbocycles. The Bertz CT molecular complexity index is 478. The first-order chi connectivity index (χ1) is 9.82. The highest BCUT2D eigenvalue weighted by atomic mass is 79.9. The fourth-order valence-electron chi connectivity index (χ4n) is 2.26. The van der Waals surface area contributed by atoms with Gasteiger partial charge in [0.25, 0.3) is 0 Å². The molecule has 0 saturated heterocycles. The van der Waals surface area contributed by atoms with Crippen molar-refractivity contribution in [1.29, 1.82) is 0 Å². The van der Waals surface area contributed by atoms with Gasteiger partial charge < -0.3 is 15.4 Å². The van der Waals surface area contributed by atoms with Gasteiger partial charge in [0.2, 0.25) is 0 Å². The van der Waals surface area contributed by atoms with Crippen molar-refractivity contribution in [2.45, 2.75) is 57.7 Å². The second-order valence-corrected chi connectivity index (χ2v) is 8.97. The molecule has 21 heavy (non-hydrogen) atoms. The Morgan fingerprint density at radius 3 is 2.67 bits per heavy atom. The lowest BCUT2D eigenvalue weighted by molar-refractivity contribution is 0.0465. The summed E-state index contributed by atoms with van der Waals surface area (Å²) in [7, 11) is 0. The number of nitrogens with one attached hydrogen (secondary N) is 2. The fraction of sp³-hybridized carbons (Fsp3) is 0.667. The number of alkyl carbamates (subject to hydrolysis) is 1. The lowest BCUT2D eigenvalue weighted by Crippen LogP contribution is -2.53. The monoisotopic (exact) mass is 374 g/mol. The summed E-state index contributed by atoms with van der Waals surface area (Å²) in [6.45, 7) is 6.61. The van der Waals surface area contributed by atoms with E-state index in [2.05, 4.69) is 38.7 Å². The van der Waals surface area contributed by atoms with Crippen LogP contribution in [-0.4, -0.2) is 30.3 Å². The van der Waals surface area contributed by atoms with Crippen LogP contribution in [0.2, 0.25) is 0 Å². The molecule has 1 amide bonds. The van der Waals surface area contributed by atoms with E-state index in [1.54, 1.807) is 11.3 Å². The largest absolute Gasteiger partial charge is 0.444 e. The van der Waals surface area contributed by atoms with Crippen molar-refractivity contribution in [1.82, 2.24) is 10.6 Å². The summed E-state index contributed by atoms with van der Waals surface area (Å²) in [6, 6.07) is 5.00. The standard InChI is InChI=1S/C15H23BrN2O2S/c1-15(2,3)20-14(19)18-11-8-10(9-11)17-7-6-12-4-5-13(16)21-12/h4-5,10-11,17H,6-9H2,1-3H3,(H,18,19). The predicted octanol–water partition coefficient (Wildman–Crippen LogP) is 3.70. The van der Waals surface area contributed by atoms with Gasteiger partial charge in [-0.15, -0.1) is 11.3 Å². The zero-order valence-electron chi connectivity index (χ0n) is 12.7. The van der Waals surface area contributed by atoms with Crippen LogP contribution in [0, 0.1) is 0 Å². The van der Waals surface area contributed by atoms with E-state index in [-0.39, 0.29) is 12.1 Å². The van der Waals surface area contributed by atoms with Gasteiger partial charge in [0.15, 0.2) is 0 Å². The minimum Gasteiger partial charge on any atom is -0.444 e. The SMILES string of the molecule is CC(C)(C)OC(=O)NC1CC(NCCc2ccc(Br)s2)C1. The highest BCUT2D eigenvalue weighted by Crippen LogP contribution is 2.23. The molecule has 6 heteroatoms. The summed E-state index contributed by atoms with van der Waals surface area (Å²) in [5.74, 6) is 0. The van der Waals surface area contributed by atoms with Crippen molar-refractivity contribution >= 4 is 33.4 Å². The Hall–Kier alpha value is -0.590. The number of carbonyl (C=O) groups is 1. The number of hydrogen-bond donors (Lipinski definition) is 2. The zero-order valence-corrected chi connectivity index (χ0v) is 15.1. The van der Waals surface area contributed by atoms with Crippen molar-refractivity contribution in [3.05, 3.63) is 20.8 Å². The van der Waals surface area contributed by atoms with Gasteiger partial charge in [0.1, 0.15) is 5.60 Å². The van der Waals surface area contributed by atoms with E-state index in [1.165, 1.54) is 8.66 Å². The highest BCUT2D eigenvalue weighted by molar-refractivity contribution is 9.11. The predicted molar refractivity (Wildman–Crippen MR) is 89.9 cm³/mol. The normalized spacial score (nSPS) is 21.7. The smallest absolute Gasteiger partial charge is 0.407 e. The van der Waals surface area contributed by atoms with Crippen LogP contribution < -0.4 is 10.6 Å². The minimum absolute atomic E-state index is 0.244. The summed E-state index contributed by atoms with van der Waals surface area (Å²) in [5.41, 5.74) is -0.430. The summed E-state index contributed by atoms with van der Waals surface area (Å²) >= 11 is 5.26. The molecule has 1 heterocycles. The Kier molecular flexibility index (Phi) is 5.68. The van der Waals surface area contributed by atoms with Gasteiger partial charge in [-0.05, 0) is 68.1 Å². The lowest BCUT2D eigenvalue weighted by atomic mass is 9.87. The van der Waals surface area contributed by atoms with Crippen LogP contribution in [0.15, 0.2) is 15.9 Å². The molecule has 4 nitrogen and oxygen atoms in total. The molecule has 2 N–H and O–H groups in total. The summed E-state index contributed by atoms with van der Waals surface area (Å²) in [4.78, 5) is 13.0. The summed E-state index contributed by atoms with van der Waals surface area (Å²) < 4.78 is 6.43. The van der Waals surface area contributed by atoms with E-state index < -0.39 is 5.60 Å². The molecule has 1 aromatic heterocycles. The number of thiophene rings is 1. The van der Waals surface area contributed by atoms with Gasteiger partial charge in [-0.1, -0.05) is 0 Å². The van der Waals surface area contributed by atoms with Crippen LogP contribution in [0.3, 0.4) is 0 Å². The van der Waals surface area contributed by atoms with Crippen LogP contribution in [0.25, 0.3) is 0 Å². The van der Waals surface area contributed by atoms with Gasteiger partial charge in [-0.3, -0.25) is 0 Å². The number of ether oxygens (including phenoxy) is 1. The molecule has 0 atom stereocenters. The molecule has 1 saturated carbocycles. The molecule has 0 bridgehead atoms. The molecule has 1 aliphatic rings. The average molecular weight is 375 g/mol. The van der Waals surface area contributed by atoms with E-state index in [4.69, 9.17) is 4.74 Å². The maximum absolute atomic E-state index is 11.6. The third-order valence-corrected chi connectivity index (χ3v) is 4.98. The molecule has 1 aliphatic carbocycles. The lowest BCUT2D eigenvalue weighted by Gasteiger charge is -2.36. The topological polar surface area (TPSA) is 50.4 Å². The third-order valence-electron chi connectivity index (χ3n) is 3.29. The van der Waals surface area contributed by atoms with E-state index in [0.29, 0.717) is 6.04 Å². The van der Waals surface area contributed by atoms with Gasteiger partial charge in [0, 0.05) is 23.5 Å². The number of rotatable bonds is 5. The molecule has 2 rings (SSSR count). The number of amides is 1. The molecular formula is C15H23BrN2O2S. The first-order valence-electron chi connectivity index (χ1n) is 7.29. The van der Waals surface area contributed by atoms with Crippen molar-refractivity contribution in [2.75, 3.05) is 6.54 Å². The van der Waals surface area contributed by atoms with E-state index in [9.17, 15) is 4.79 Å². The van der Waals surface area contributed by atoms with Crippen LogP contribution >= 0.6 is 27.3 Å². The first-order valence-corrected chi connectivity index (χ1v) is 8.90. The third kappa shape index (κ3) is 5.96. The van der Waals surface area contributed by atoms with Gasteiger partial charge >= 0.3 is 6.09 Å². The molecule has 1 fully saturated rings. The van der Waals surface area contributed by atoms with E-state index in [1.807, 2.05) is 20.8 Å². The van der Waals surface area contributed by atoms with Gasteiger partial charge in [0.05, 0.1) is 3.79 Å². The molecule has 0 aliphatic heterocycles. The summed E-state index contributed by atoms with van der Waals surface area (Å²) in [5, 5.41) is 6.44. The number of hydrogen-bond acceptors (Lipinski definition) is 4. The molecular weight excluding hydrogens is 352 g/mol. The second kappa shape index (κ2) is 7.11. The number of halogens is 1. The molecule has 0 radical (unpaired) electrons. The molecule has 0 unspecified atom stereocenters. The van der Waals surface area contributed by atoms with Crippen molar-refractivity contribution < 1.29 is 9.53 Å². The van der Waals surface area contributed by atoms with Crippen molar-refractivity contribution in [2.24, 2.45) is 0 Å². The molecule has 1 aromatic rings. The molecule has 0 spiro atoms. The Morgan fingerprint density at radius 1 is 1.38 bits per heavy atom. The minimum atomic E-state index is -0.430. The van der Waals surface area contributed by atoms with Crippen molar-refractivity contribution in [3.63, 3.8) is 0 Å². The van der Waals surface area contributed by atoms with Crippen LogP contribution in [-0.2, 0) is 11.2 Å². The maximum atomic E-state index is 11.6. The van der Waals surface area contributed by atoms with Crippen LogP contribution in [0.5, 0.6) is 0 Å². The second-order valence-electron chi connectivity index (χ2n) is 6.42. The van der Waals surface area contributed by atoms with E-state index in [0.717, 1.165) is 25.8 Å². The zero-order chi connectivity index (χ0) is 15.5. The Labute approximate surface area is 138 Å². The van der Waals surface area contributed by atoms with Crippen molar-refractivity contribution in [3.8, 4) is 0 Å². The average Bonchev–Trinajstić information content (AvgIpc) is 2.69. The quantitative estimate of drug-likeness (QED) is 0.825. The van der Waals surface area contributed by atoms with Crippen LogP contribution in [0.1, 0.15) is 38.5 Å². The Balaban J connectivity index is 1.56. The van der Waals surface area contributed by atoms with Gasteiger partial charge in [-0.2, -0.15) is 0 Å². The maximum Gasteiger partial charge on any atom is 0.407 e.